The van der Waals surface area contributed by atoms with Crippen LogP contribution in [0.15, 0.2) is 18.2 Å². The van der Waals surface area contributed by atoms with Gasteiger partial charge < -0.3 is 15.4 Å². The van der Waals surface area contributed by atoms with Crippen molar-refractivity contribution in [3.63, 3.8) is 0 Å². The average molecular weight is 399 g/mol. The quantitative estimate of drug-likeness (QED) is 0.435. The van der Waals surface area contributed by atoms with Gasteiger partial charge in [0.05, 0.1) is 10.7 Å². The molecule has 100 valence electrons. The van der Waals surface area contributed by atoms with E-state index < -0.39 is 0 Å². The summed E-state index contributed by atoms with van der Waals surface area (Å²) in [5.41, 5.74) is 0.825. The Kier molecular flexibility index (Phi) is 7.88. The third-order valence-electron chi connectivity index (χ3n) is 2.13. The van der Waals surface area contributed by atoms with E-state index in [-0.39, 0.29) is 0 Å². The van der Waals surface area contributed by atoms with Crippen molar-refractivity contribution in [2.75, 3.05) is 25.1 Å². The molecule has 1 aromatic rings. The van der Waals surface area contributed by atoms with E-state index >= 15 is 0 Å². The van der Waals surface area contributed by atoms with Gasteiger partial charge in [0.1, 0.15) is 0 Å². The fourth-order valence-electron chi connectivity index (χ4n) is 1.28. The zero-order valence-corrected chi connectivity index (χ0v) is 13.9. The van der Waals surface area contributed by atoms with Gasteiger partial charge in [-0.25, -0.2) is 0 Å². The van der Waals surface area contributed by atoms with Crippen LogP contribution in [0.3, 0.4) is 0 Å². The number of ether oxygens (including phenoxy) is 1. The molecule has 2 N–H and O–H groups in total. The molecule has 0 aliphatic rings. The van der Waals surface area contributed by atoms with Crippen LogP contribution in [0.25, 0.3) is 0 Å². The van der Waals surface area contributed by atoms with Gasteiger partial charge in [-0.1, -0.05) is 11.6 Å². The minimum atomic E-state index is 0.579. The molecule has 18 heavy (non-hydrogen) atoms. The smallest absolute Gasteiger partial charge is 0.170 e. The number of hydrogen-bond acceptors (Lipinski definition) is 2. The molecular formula is C12H16ClIN2OS. The molecule has 0 unspecified atom stereocenters. The predicted molar refractivity (Wildman–Crippen MR) is 89.5 cm³/mol. The van der Waals surface area contributed by atoms with Crippen LogP contribution < -0.4 is 10.6 Å². The largest absolute Gasteiger partial charge is 0.382 e. The van der Waals surface area contributed by atoms with Crippen molar-refractivity contribution in [1.82, 2.24) is 5.32 Å². The van der Waals surface area contributed by atoms with Crippen LogP contribution in [0.5, 0.6) is 0 Å². The summed E-state index contributed by atoms with van der Waals surface area (Å²) in [6.07, 6.45) is 0.926. The maximum atomic E-state index is 6.07. The minimum Gasteiger partial charge on any atom is -0.382 e. The Labute approximate surface area is 132 Å². The molecule has 0 saturated carbocycles. The molecule has 1 aromatic carbocycles. The fraction of sp³-hybridized carbons (Fsp3) is 0.417. The SMILES string of the molecule is CCOCCCNC(=S)Nc1cc(I)ccc1Cl. The Bertz CT molecular complexity index is 404. The summed E-state index contributed by atoms with van der Waals surface area (Å²) in [6, 6.07) is 5.76. The molecule has 0 amide bonds. The molecule has 0 bridgehead atoms. The van der Waals surface area contributed by atoms with Gasteiger partial charge in [-0.2, -0.15) is 0 Å². The zero-order chi connectivity index (χ0) is 13.4. The Balaban J connectivity index is 2.33. The van der Waals surface area contributed by atoms with Gasteiger partial charge in [-0.15, -0.1) is 0 Å². The monoisotopic (exact) mass is 398 g/mol. The maximum absolute atomic E-state index is 6.07. The highest BCUT2D eigenvalue weighted by molar-refractivity contribution is 14.1. The second-order valence-electron chi connectivity index (χ2n) is 3.56. The normalized spacial score (nSPS) is 10.2. The highest BCUT2D eigenvalue weighted by Gasteiger charge is 2.03. The van der Waals surface area contributed by atoms with Crippen LogP contribution in [-0.4, -0.2) is 24.9 Å². The summed E-state index contributed by atoms with van der Waals surface area (Å²) in [7, 11) is 0. The van der Waals surface area contributed by atoms with Crippen molar-refractivity contribution in [2.24, 2.45) is 0 Å². The number of thiocarbonyl (C=S) groups is 1. The van der Waals surface area contributed by atoms with Gasteiger partial charge in [0.15, 0.2) is 5.11 Å². The van der Waals surface area contributed by atoms with E-state index in [1.165, 1.54) is 0 Å². The van der Waals surface area contributed by atoms with Gasteiger partial charge in [0, 0.05) is 23.3 Å². The van der Waals surface area contributed by atoms with E-state index in [9.17, 15) is 0 Å². The first-order chi connectivity index (χ1) is 8.63. The van der Waals surface area contributed by atoms with Crippen LogP contribution >= 0.6 is 46.4 Å². The molecular weight excluding hydrogens is 383 g/mol. The van der Waals surface area contributed by atoms with Gasteiger partial charge in [-0.05, 0) is 66.4 Å². The first kappa shape index (κ1) is 15.9. The Hall–Kier alpha value is -0.110. The van der Waals surface area contributed by atoms with E-state index in [1.54, 1.807) is 0 Å². The highest BCUT2D eigenvalue weighted by atomic mass is 127. The van der Waals surface area contributed by atoms with E-state index in [2.05, 4.69) is 33.2 Å². The summed E-state index contributed by atoms with van der Waals surface area (Å²) >= 11 is 13.5. The second kappa shape index (κ2) is 8.90. The summed E-state index contributed by atoms with van der Waals surface area (Å²) in [5.74, 6) is 0. The molecule has 6 heteroatoms. The number of halogens is 2. The van der Waals surface area contributed by atoms with Crippen molar-refractivity contribution in [1.29, 1.82) is 0 Å². The lowest BCUT2D eigenvalue weighted by atomic mass is 10.3. The Morgan fingerprint density at radius 3 is 3.00 bits per heavy atom. The van der Waals surface area contributed by atoms with Gasteiger partial charge >= 0.3 is 0 Å². The molecule has 0 heterocycles. The van der Waals surface area contributed by atoms with Crippen LogP contribution in [0, 0.1) is 3.57 Å². The highest BCUT2D eigenvalue weighted by Crippen LogP contribution is 2.23. The number of nitrogens with one attached hydrogen (secondary N) is 2. The molecule has 0 atom stereocenters. The molecule has 1 rings (SSSR count). The molecule has 0 aromatic heterocycles. The summed E-state index contributed by atoms with van der Waals surface area (Å²) in [6.45, 7) is 4.27. The maximum Gasteiger partial charge on any atom is 0.170 e. The molecule has 0 aliphatic carbocycles. The van der Waals surface area contributed by atoms with Crippen LogP contribution in [0.4, 0.5) is 5.69 Å². The third kappa shape index (κ3) is 6.17. The predicted octanol–water partition coefficient (Wildman–Crippen LogP) is 3.66. The van der Waals surface area contributed by atoms with E-state index in [0.29, 0.717) is 10.1 Å². The van der Waals surface area contributed by atoms with Crippen molar-refractivity contribution < 1.29 is 4.74 Å². The number of rotatable bonds is 6. The molecule has 0 aliphatic heterocycles. The lowest BCUT2D eigenvalue weighted by Crippen LogP contribution is -2.29. The lowest BCUT2D eigenvalue weighted by molar-refractivity contribution is 0.146. The van der Waals surface area contributed by atoms with Crippen LogP contribution in [-0.2, 0) is 4.74 Å². The van der Waals surface area contributed by atoms with Crippen LogP contribution in [0.2, 0.25) is 5.02 Å². The molecule has 0 saturated heterocycles. The first-order valence-electron chi connectivity index (χ1n) is 5.71. The number of anilines is 1. The summed E-state index contributed by atoms with van der Waals surface area (Å²) < 4.78 is 6.35. The Morgan fingerprint density at radius 2 is 2.28 bits per heavy atom. The molecule has 0 radical (unpaired) electrons. The second-order valence-corrected chi connectivity index (χ2v) is 5.62. The van der Waals surface area contributed by atoms with Crippen molar-refractivity contribution in [3.8, 4) is 0 Å². The first-order valence-corrected chi connectivity index (χ1v) is 7.57. The van der Waals surface area contributed by atoms with E-state index in [0.717, 1.165) is 35.4 Å². The van der Waals surface area contributed by atoms with Gasteiger partial charge in [0.2, 0.25) is 0 Å². The topological polar surface area (TPSA) is 33.3 Å². The van der Waals surface area contributed by atoms with Crippen molar-refractivity contribution in [2.45, 2.75) is 13.3 Å². The summed E-state index contributed by atoms with van der Waals surface area (Å²) in [5, 5.41) is 7.44. The summed E-state index contributed by atoms with van der Waals surface area (Å²) in [4.78, 5) is 0. The van der Waals surface area contributed by atoms with E-state index in [1.807, 2.05) is 25.1 Å². The molecule has 0 fully saturated rings. The Morgan fingerprint density at radius 1 is 1.50 bits per heavy atom. The van der Waals surface area contributed by atoms with Crippen LogP contribution in [0.1, 0.15) is 13.3 Å². The number of benzene rings is 1. The lowest BCUT2D eigenvalue weighted by Gasteiger charge is -2.12. The van der Waals surface area contributed by atoms with E-state index in [4.69, 9.17) is 28.6 Å². The fourth-order valence-corrected chi connectivity index (χ4v) is 2.15. The van der Waals surface area contributed by atoms with Crippen molar-refractivity contribution >= 4 is 57.2 Å². The van der Waals surface area contributed by atoms with Crippen molar-refractivity contribution in [3.05, 3.63) is 26.8 Å². The molecule has 0 spiro atoms. The third-order valence-corrected chi connectivity index (χ3v) is 3.38. The molecule has 3 nitrogen and oxygen atoms in total. The minimum absolute atomic E-state index is 0.579. The average Bonchev–Trinajstić information content (AvgIpc) is 2.33. The van der Waals surface area contributed by atoms with Gasteiger partial charge in [0.25, 0.3) is 0 Å². The zero-order valence-electron chi connectivity index (χ0n) is 10.1. The van der Waals surface area contributed by atoms with Gasteiger partial charge in [-0.3, -0.25) is 0 Å². The standard InChI is InChI=1S/C12H16ClIN2OS/c1-2-17-7-3-6-15-12(18)16-11-8-9(14)4-5-10(11)13/h4-5,8H,2-3,6-7H2,1H3,(H2,15,16,18). The number of hydrogen-bond donors (Lipinski definition) is 2.